The normalized spacial score (nSPS) is 14.3. The Labute approximate surface area is 256 Å². The van der Waals surface area contributed by atoms with Crippen LogP contribution in [0.4, 0.5) is 13.6 Å². The van der Waals surface area contributed by atoms with Crippen LogP contribution in [0.5, 0.6) is 0 Å². The molecule has 5 N–H and O–H groups in total. The molecule has 4 atom stereocenters. The molecule has 0 aliphatic heterocycles. The number of aliphatic hydroxyl groups is 1. The van der Waals surface area contributed by atoms with Crippen LogP contribution in [0.3, 0.4) is 0 Å². The second-order valence-corrected chi connectivity index (χ2v) is 13.2. The van der Waals surface area contributed by atoms with E-state index >= 15 is 0 Å². The fourth-order valence-electron chi connectivity index (χ4n) is 4.95. The number of hydrogen-bond donors (Lipinski definition) is 5. The van der Waals surface area contributed by atoms with Crippen LogP contribution in [0.2, 0.25) is 0 Å². The molecule has 12 heteroatoms. The largest absolute Gasteiger partial charge is 0.465 e. The summed E-state index contributed by atoms with van der Waals surface area (Å²) in [6.45, 7) is 2.42. The molecule has 0 radical (unpaired) electrons. The van der Waals surface area contributed by atoms with Gasteiger partial charge in [0.25, 0.3) is 0 Å². The molecule has 2 amide bonds. The highest BCUT2D eigenvalue weighted by Gasteiger charge is 2.32. The maximum atomic E-state index is 14.0. The van der Waals surface area contributed by atoms with Gasteiger partial charge in [-0.15, -0.1) is 0 Å². The average molecular weight is 632 g/mol. The van der Waals surface area contributed by atoms with E-state index in [1.807, 2.05) is 31.2 Å². The Morgan fingerprint density at radius 1 is 0.841 bits per heavy atom. The van der Waals surface area contributed by atoms with Crippen LogP contribution in [0.1, 0.15) is 35.6 Å². The van der Waals surface area contributed by atoms with Crippen LogP contribution in [0.25, 0.3) is 0 Å². The SMILES string of the molecule is CCc1cccc(CNC[C@H](O)[C@H](Cc2cc(F)cc(F)c2)NC(=O)[C@@H](CC(Cc2ccccc2)S(C)(=O)=O)NC(=O)O)c1. The predicted molar refractivity (Wildman–Crippen MR) is 164 cm³/mol. The van der Waals surface area contributed by atoms with Crippen molar-refractivity contribution in [2.75, 3.05) is 12.8 Å². The molecular formula is C32H39F2N3O6S. The number of nitrogens with one attached hydrogen (secondary N) is 3. The summed E-state index contributed by atoms with van der Waals surface area (Å²) in [5.41, 5.74) is 2.96. The minimum atomic E-state index is -3.73. The van der Waals surface area contributed by atoms with Gasteiger partial charge in [-0.25, -0.2) is 22.0 Å². The second-order valence-electron chi connectivity index (χ2n) is 10.8. The second kappa shape index (κ2) is 16.3. The average Bonchev–Trinajstić information content (AvgIpc) is 2.95. The standard InChI is InChI=1S/C32H39F2N3O6S/c1-3-21-10-7-11-23(12-21)19-35-20-30(38)28(16-24-13-25(33)17-26(34)14-24)36-31(39)29(37-32(40)41)18-27(44(2,42)43)15-22-8-5-4-6-9-22/h4-14,17,27-30,35,37-38H,3,15-16,18-20H2,1-2H3,(H,36,39)(H,40,41)/t27?,28-,29+,30-/m0/s1. The van der Waals surface area contributed by atoms with E-state index in [0.29, 0.717) is 18.2 Å². The summed E-state index contributed by atoms with van der Waals surface area (Å²) in [5.74, 6) is -2.56. The van der Waals surface area contributed by atoms with E-state index in [-0.39, 0.29) is 31.4 Å². The zero-order valence-electron chi connectivity index (χ0n) is 24.7. The molecule has 238 valence electrons. The van der Waals surface area contributed by atoms with Crippen LogP contribution in [0, 0.1) is 11.6 Å². The summed E-state index contributed by atoms with van der Waals surface area (Å²) in [6.07, 6.45) is -1.46. The molecule has 0 bridgehead atoms. The summed E-state index contributed by atoms with van der Waals surface area (Å²) in [5, 5.41) is 27.3. The Kier molecular flexibility index (Phi) is 12.8. The maximum absolute atomic E-state index is 14.0. The molecular weight excluding hydrogens is 592 g/mol. The summed E-state index contributed by atoms with van der Waals surface area (Å²) in [4.78, 5) is 25.1. The molecule has 0 aliphatic carbocycles. The third kappa shape index (κ3) is 11.3. The summed E-state index contributed by atoms with van der Waals surface area (Å²) in [6, 6.07) is 16.8. The summed E-state index contributed by atoms with van der Waals surface area (Å²) >= 11 is 0. The van der Waals surface area contributed by atoms with Gasteiger partial charge in [-0.3, -0.25) is 4.79 Å². The molecule has 3 aromatic rings. The zero-order chi connectivity index (χ0) is 32.3. The fourth-order valence-corrected chi connectivity index (χ4v) is 5.98. The number of carbonyl (C=O) groups excluding carboxylic acids is 1. The van der Waals surface area contributed by atoms with Gasteiger partial charge in [-0.1, -0.05) is 61.5 Å². The number of halogens is 2. The Bertz CT molecular complexity index is 1490. The van der Waals surface area contributed by atoms with Crippen molar-refractivity contribution < 1.29 is 37.0 Å². The summed E-state index contributed by atoms with van der Waals surface area (Å²) < 4.78 is 53.3. The van der Waals surface area contributed by atoms with Gasteiger partial charge in [0.2, 0.25) is 5.91 Å². The minimum absolute atomic E-state index is 0.0178. The van der Waals surface area contributed by atoms with E-state index in [4.69, 9.17) is 0 Å². The number of sulfone groups is 1. The first-order valence-corrected chi connectivity index (χ1v) is 16.2. The molecule has 0 aliphatic rings. The lowest BCUT2D eigenvalue weighted by molar-refractivity contribution is -0.124. The Morgan fingerprint density at radius 2 is 1.48 bits per heavy atom. The highest BCUT2D eigenvalue weighted by Crippen LogP contribution is 2.17. The lowest BCUT2D eigenvalue weighted by Gasteiger charge is -2.28. The molecule has 0 spiro atoms. The molecule has 44 heavy (non-hydrogen) atoms. The van der Waals surface area contributed by atoms with E-state index in [2.05, 4.69) is 16.0 Å². The molecule has 0 saturated heterocycles. The van der Waals surface area contributed by atoms with Crippen molar-refractivity contribution in [1.29, 1.82) is 0 Å². The molecule has 0 fully saturated rings. The van der Waals surface area contributed by atoms with Crippen molar-refractivity contribution in [3.63, 3.8) is 0 Å². The maximum Gasteiger partial charge on any atom is 0.405 e. The van der Waals surface area contributed by atoms with Crippen LogP contribution < -0.4 is 16.0 Å². The van der Waals surface area contributed by atoms with Gasteiger partial charge in [0, 0.05) is 25.4 Å². The number of benzene rings is 3. The predicted octanol–water partition coefficient (Wildman–Crippen LogP) is 3.39. The van der Waals surface area contributed by atoms with Crippen molar-refractivity contribution in [2.24, 2.45) is 0 Å². The number of hydrogen-bond acceptors (Lipinski definition) is 6. The van der Waals surface area contributed by atoms with Crippen LogP contribution in [-0.2, 0) is 40.4 Å². The Hall–Kier alpha value is -3.87. The number of aliphatic hydroxyl groups excluding tert-OH is 1. The smallest absolute Gasteiger partial charge is 0.405 e. The van der Waals surface area contributed by atoms with Gasteiger partial charge in [0.05, 0.1) is 17.4 Å². The highest BCUT2D eigenvalue weighted by molar-refractivity contribution is 7.91. The van der Waals surface area contributed by atoms with Crippen molar-refractivity contribution in [3.05, 3.63) is 107 Å². The number of aryl methyl sites for hydroxylation is 1. The van der Waals surface area contributed by atoms with Crippen LogP contribution in [0.15, 0.2) is 72.8 Å². The first-order chi connectivity index (χ1) is 20.8. The Balaban J connectivity index is 1.81. The molecule has 1 unspecified atom stereocenters. The van der Waals surface area contributed by atoms with Gasteiger partial charge >= 0.3 is 6.09 Å². The Morgan fingerprint density at radius 3 is 2.09 bits per heavy atom. The van der Waals surface area contributed by atoms with Crippen LogP contribution >= 0.6 is 0 Å². The van der Waals surface area contributed by atoms with Crippen molar-refractivity contribution >= 4 is 21.8 Å². The summed E-state index contributed by atoms with van der Waals surface area (Å²) in [7, 11) is -3.73. The molecule has 3 aromatic carbocycles. The van der Waals surface area contributed by atoms with Crippen molar-refractivity contribution in [3.8, 4) is 0 Å². The first kappa shape index (κ1) is 34.6. The van der Waals surface area contributed by atoms with E-state index in [9.17, 15) is 37.0 Å². The van der Waals surface area contributed by atoms with Gasteiger partial charge in [-0.05, 0) is 60.1 Å². The topological polar surface area (TPSA) is 145 Å². The number of carbonyl (C=O) groups is 2. The quantitative estimate of drug-likeness (QED) is 0.163. The third-order valence-electron chi connectivity index (χ3n) is 7.28. The van der Waals surface area contributed by atoms with Gasteiger partial charge in [-0.2, -0.15) is 0 Å². The first-order valence-electron chi connectivity index (χ1n) is 14.3. The minimum Gasteiger partial charge on any atom is -0.465 e. The van der Waals surface area contributed by atoms with Crippen molar-refractivity contribution in [2.45, 2.75) is 62.6 Å². The van der Waals surface area contributed by atoms with Crippen molar-refractivity contribution in [1.82, 2.24) is 16.0 Å². The number of carboxylic acid groups (broad SMARTS) is 1. The number of amides is 2. The van der Waals surface area contributed by atoms with E-state index in [0.717, 1.165) is 35.9 Å². The third-order valence-corrected chi connectivity index (χ3v) is 8.85. The lowest BCUT2D eigenvalue weighted by Crippen LogP contribution is -2.55. The van der Waals surface area contributed by atoms with Gasteiger partial charge < -0.3 is 26.2 Å². The highest BCUT2D eigenvalue weighted by atomic mass is 32.2. The van der Waals surface area contributed by atoms with E-state index in [1.165, 1.54) is 0 Å². The monoisotopic (exact) mass is 631 g/mol. The number of rotatable bonds is 16. The van der Waals surface area contributed by atoms with E-state index in [1.54, 1.807) is 30.3 Å². The molecule has 0 aromatic heterocycles. The van der Waals surface area contributed by atoms with Gasteiger partial charge in [0.1, 0.15) is 17.7 Å². The molecule has 0 heterocycles. The lowest BCUT2D eigenvalue weighted by atomic mass is 9.99. The molecule has 0 saturated carbocycles. The van der Waals surface area contributed by atoms with Crippen LogP contribution in [-0.4, -0.2) is 66.9 Å². The van der Waals surface area contributed by atoms with Gasteiger partial charge in [0.15, 0.2) is 9.84 Å². The molecule has 3 rings (SSSR count). The van der Waals surface area contributed by atoms with E-state index < -0.39 is 56.9 Å². The zero-order valence-corrected chi connectivity index (χ0v) is 25.5. The fraction of sp³-hybridized carbons (Fsp3) is 0.375. The molecule has 9 nitrogen and oxygen atoms in total.